The summed E-state index contributed by atoms with van der Waals surface area (Å²) in [6.45, 7) is 4.42. The largest absolute Gasteiger partial charge is 0.355 e. The van der Waals surface area contributed by atoms with Crippen molar-refractivity contribution in [3.8, 4) is 0 Å². The minimum atomic E-state index is -0.227. The fourth-order valence-corrected chi connectivity index (χ4v) is 2.15. The summed E-state index contributed by atoms with van der Waals surface area (Å²) >= 11 is 0. The Bertz CT molecular complexity index is 393. The summed E-state index contributed by atoms with van der Waals surface area (Å²) < 4.78 is 1.78. The maximum atomic E-state index is 12.0. The topological polar surface area (TPSA) is 59.0 Å². The van der Waals surface area contributed by atoms with E-state index >= 15 is 0 Å². The third kappa shape index (κ3) is 2.85. The minimum Gasteiger partial charge on any atom is -0.355 e. The van der Waals surface area contributed by atoms with E-state index in [0.717, 1.165) is 31.5 Å². The van der Waals surface area contributed by atoms with Gasteiger partial charge in [-0.15, -0.1) is 0 Å². The average molecular weight is 236 g/mol. The summed E-state index contributed by atoms with van der Waals surface area (Å²) in [4.78, 5) is 12.0. The fraction of sp³-hybridized carbons (Fsp3) is 0.667. The van der Waals surface area contributed by atoms with Crippen molar-refractivity contribution in [2.24, 2.45) is 12.5 Å². The number of nitrogens with zero attached hydrogens (tertiary/aromatic N) is 2. The van der Waals surface area contributed by atoms with E-state index in [9.17, 15) is 4.79 Å². The molecule has 1 saturated heterocycles. The molecule has 5 heteroatoms. The van der Waals surface area contributed by atoms with Crippen LogP contribution in [0.1, 0.15) is 18.9 Å². The van der Waals surface area contributed by atoms with E-state index in [-0.39, 0.29) is 11.3 Å². The molecule has 1 aliphatic heterocycles. The average Bonchev–Trinajstić information content (AvgIpc) is 2.89. The van der Waals surface area contributed by atoms with Gasteiger partial charge in [-0.05, 0) is 31.9 Å². The van der Waals surface area contributed by atoms with Gasteiger partial charge in [-0.2, -0.15) is 5.10 Å². The van der Waals surface area contributed by atoms with E-state index in [1.165, 1.54) is 0 Å². The molecular formula is C12H20N4O. The molecule has 94 valence electrons. The molecule has 1 atom stereocenters. The Hall–Kier alpha value is -1.36. The summed E-state index contributed by atoms with van der Waals surface area (Å²) in [5, 5.41) is 10.3. The molecule has 0 spiro atoms. The lowest BCUT2D eigenvalue weighted by molar-refractivity contribution is -0.129. The maximum Gasteiger partial charge on any atom is 0.227 e. The van der Waals surface area contributed by atoms with Crippen LogP contribution in [0.5, 0.6) is 0 Å². The molecule has 0 aliphatic carbocycles. The quantitative estimate of drug-likeness (QED) is 0.778. The first kappa shape index (κ1) is 12.1. The number of amides is 1. The first-order valence-corrected chi connectivity index (χ1v) is 6.07. The van der Waals surface area contributed by atoms with Crippen LogP contribution in [0.4, 0.5) is 0 Å². The Morgan fingerprint density at radius 2 is 2.53 bits per heavy atom. The highest BCUT2D eigenvalue weighted by atomic mass is 16.2. The molecule has 2 N–H and O–H groups in total. The number of hydrogen-bond donors (Lipinski definition) is 2. The Balaban J connectivity index is 1.77. The predicted octanol–water partition coefficient (Wildman–Crippen LogP) is 0.0784. The van der Waals surface area contributed by atoms with Crippen LogP contribution in [-0.2, 0) is 18.3 Å². The zero-order chi connectivity index (χ0) is 12.3. The molecular weight excluding hydrogens is 216 g/mol. The Morgan fingerprint density at radius 1 is 1.71 bits per heavy atom. The molecule has 5 nitrogen and oxygen atoms in total. The summed E-state index contributed by atoms with van der Waals surface area (Å²) in [7, 11) is 1.90. The molecule has 1 aromatic heterocycles. The molecule has 0 bridgehead atoms. The maximum absolute atomic E-state index is 12.0. The highest BCUT2D eigenvalue weighted by Gasteiger charge is 2.35. The van der Waals surface area contributed by atoms with Crippen LogP contribution in [0.3, 0.4) is 0 Å². The summed E-state index contributed by atoms with van der Waals surface area (Å²) in [6, 6.07) is 0. The molecule has 1 aliphatic rings. The van der Waals surface area contributed by atoms with Crippen LogP contribution in [0.25, 0.3) is 0 Å². The van der Waals surface area contributed by atoms with Crippen LogP contribution in [0.15, 0.2) is 12.4 Å². The van der Waals surface area contributed by atoms with E-state index in [1.807, 2.05) is 26.4 Å². The Labute approximate surface area is 102 Å². The normalized spacial score (nSPS) is 23.9. The van der Waals surface area contributed by atoms with Gasteiger partial charge in [0.15, 0.2) is 0 Å². The van der Waals surface area contributed by atoms with Gasteiger partial charge in [-0.3, -0.25) is 9.48 Å². The lowest BCUT2D eigenvalue weighted by Gasteiger charge is -2.21. The van der Waals surface area contributed by atoms with Gasteiger partial charge in [-0.25, -0.2) is 0 Å². The van der Waals surface area contributed by atoms with Crippen LogP contribution >= 0.6 is 0 Å². The van der Waals surface area contributed by atoms with E-state index in [0.29, 0.717) is 6.54 Å². The first-order chi connectivity index (χ1) is 8.10. The van der Waals surface area contributed by atoms with Crippen molar-refractivity contribution in [1.29, 1.82) is 0 Å². The van der Waals surface area contributed by atoms with Crippen LogP contribution < -0.4 is 10.6 Å². The molecule has 0 saturated carbocycles. The Kier molecular flexibility index (Phi) is 3.47. The predicted molar refractivity (Wildman–Crippen MR) is 65.5 cm³/mol. The third-order valence-corrected chi connectivity index (χ3v) is 3.37. The zero-order valence-electron chi connectivity index (χ0n) is 10.5. The second-order valence-corrected chi connectivity index (χ2v) is 5.02. The number of aromatic nitrogens is 2. The standard InChI is InChI=1S/C12H20N4O/c1-12(4-6-13-9-12)11(17)14-5-3-10-7-15-16(2)8-10/h7-8,13H,3-6,9H2,1-2H3,(H,14,17). The van der Waals surface area contributed by atoms with Crippen molar-refractivity contribution in [2.45, 2.75) is 19.8 Å². The highest BCUT2D eigenvalue weighted by molar-refractivity contribution is 5.82. The lowest BCUT2D eigenvalue weighted by atomic mass is 9.89. The smallest absolute Gasteiger partial charge is 0.227 e. The van der Waals surface area contributed by atoms with Gasteiger partial charge in [0.1, 0.15) is 0 Å². The van der Waals surface area contributed by atoms with Crippen molar-refractivity contribution in [2.75, 3.05) is 19.6 Å². The molecule has 1 fully saturated rings. The molecule has 1 amide bonds. The van der Waals surface area contributed by atoms with Crippen LogP contribution in [0.2, 0.25) is 0 Å². The van der Waals surface area contributed by atoms with E-state index in [2.05, 4.69) is 15.7 Å². The second kappa shape index (κ2) is 4.87. The molecule has 2 rings (SSSR count). The number of carbonyl (C=O) groups excluding carboxylic acids is 1. The van der Waals surface area contributed by atoms with E-state index in [1.54, 1.807) is 4.68 Å². The second-order valence-electron chi connectivity index (χ2n) is 5.02. The van der Waals surface area contributed by atoms with E-state index < -0.39 is 0 Å². The Morgan fingerprint density at radius 3 is 3.12 bits per heavy atom. The zero-order valence-corrected chi connectivity index (χ0v) is 10.5. The van der Waals surface area contributed by atoms with Crippen molar-refractivity contribution in [1.82, 2.24) is 20.4 Å². The van der Waals surface area contributed by atoms with Crippen LogP contribution in [0, 0.1) is 5.41 Å². The molecule has 1 aromatic rings. The first-order valence-electron chi connectivity index (χ1n) is 6.07. The molecule has 1 unspecified atom stereocenters. The summed E-state index contributed by atoms with van der Waals surface area (Å²) in [5.74, 6) is 0.159. The SMILES string of the molecule is Cn1cc(CCNC(=O)C2(C)CCNC2)cn1. The number of rotatable bonds is 4. The molecule has 2 heterocycles. The van der Waals surface area contributed by atoms with Gasteiger partial charge in [0.25, 0.3) is 0 Å². The fourth-order valence-electron chi connectivity index (χ4n) is 2.15. The summed E-state index contributed by atoms with van der Waals surface area (Å²) in [5.41, 5.74) is 0.928. The van der Waals surface area contributed by atoms with Crippen molar-refractivity contribution in [3.63, 3.8) is 0 Å². The lowest BCUT2D eigenvalue weighted by Crippen LogP contribution is -2.41. The van der Waals surface area contributed by atoms with Gasteiger partial charge >= 0.3 is 0 Å². The third-order valence-electron chi connectivity index (χ3n) is 3.37. The number of carbonyl (C=O) groups is 1. The number of aryl methyl sites for hydroxylation is 1. The van der Waals surface area contributed by atoms with Gasteiger partial charge < -0.3 is 10.6 Å². The van der Waals surface area contributed by atoms with Gasteiger partial charge in [0.2, 0.25) is 5.91 Å². The highest BCUT2D eigenvalue weighted by Crippen LogP contribution is 2.24. The van der Waals surface area contributed by atoms with Crippen molar-refractivity contribution < 1.29 is 4.79 Å². The molecule has 17 heavy (non-hydrogen) atoms. The summed E-state index contributed by atoms with van der Waals surface area (Å²) in [6.07, 6.45) is 5.57. The van der Waals surface area contributed by atoms with Gasteiger partial charge in [0, 0.05) is 26.3 Å². The molecule has 0 aromatic carbocycles. The minimum absolute atomic E-state index is 0.159. The molecule has 0 radical (unpaired) electrons. The van der Waals surface area contributed by atoms with E-state index in [4.69, 9.17) is 0 Å². The van der Waals surface area contributed by atoms with Gasteiger partial charge in [-0.1, -0.05) is 0 Å². The van der Waals surface area contributed by atoms with Crippen molar-refractivity contribution in [3.05, 3.63) is 18.0 Å². The number of nitrogens with one attached hydrogen (secondary N) is 2. The van der Waals surface area contributed by atoms with Crippen molar-refractivity contribution >= 4 is 5.91 Å². The van der Waals surface area contributed by atoms with Gasteiger partial charge in [0.05, 0.1) is 11.6 Å². The van der Waals surface area contributed by atoms with Crippen LogP contribution in [-0.4, -0.2) is 35.3 Å². The number of hydrogen-bond acceptors (Lipinski definition) is 3. The monoisotopic (exact) mass is 236 g/mol.